The van der Waals surface area contributed by atoms with Crippen LogP contribution >= 0.6 is 11.3 Å². The third-order valence-electron chi connectivity index (χ3n) is 2.56. The molecule has 4 nitrogen and oxygen atoms in total. The van der Waals surface area contributed by atoms with Crippen molar-refractivity contribution in [3.8, 4) is 0 Å². The zero-order chi connectivity index (χ0) is 13.1. The minimum Gasteiger partial charge on any atom is -0.395 e. The molecular formula is C11H19NO3S2. The quantitative estimate of drug-likeness (QED) is 0.830. The van der Waals surface area contributed by atoms with Gasteiger partial charge in [-0.2, -0.15) is 0 Å². The maximum atomic E-state index is 12.0. The molecule has 0 unspecified atom stereocenters. The van der Waals surface area contributed by atoms with Gasteiger partial charge in [-0.25, -0.2) is 13.1 Å². The summed E-state index contributed by atoms with van der Waals surface area (Å²) in [5.41, 5.74) is 0. The van der Waals surface area contributed by atoms with Crippen LogP contribution < -0.4 is 4.72 Å². The smallest absolute Gasteiger partial charge is 0.250 e. The Labute approximate surface area is 107 Å². The highest BCUT2D eigenvalue weighted by molar-refractivity contribution is 7.91. The molecule has 17 heavy (non-hydrogen) atoms. The number of nitrogens with one attached hydrogen (secondary N) is 1. The first-order valence-corrected chi connectivity index (χ1v) is 7.92. The van der Waals surface area contributed by atoms with Gasteiger partial charge in [0.25, 0.3) is 0 Å². The van der Waals surface area contributed by atoms with Crippen LogP contribution in [-0.2, 0) is 16.4 Å². The second-order valence-corrected chi connectivity index (χ2v) is 7.34. The fourth-order valence-corrected chi connectivity index (χ4v) is 4.02. The number of hydrogen-bond donors (Lipinski definition) is 2. The summed E-state index contributed by atoms with van der Waals surface area (Å²) in [6.45, 7) is 5.54. The topological polar surface area (TPSA) is 66.4 Å². The van der Waals surface area contributed by atoms with Crippen LogP contribution in [0.3, 0.4) is 0 Å². The van der Waals surface area contributed by atoms with E-state index in [1.165, 1.54) is 11.3 Å². The van der Waals surface area contributed by atoms with E-state index in [0.717, 1.165) is 11.3 Å². The Morgan fingerprint density at radius 2 is 2.06 bits per heavy atom. The third kappa shape index (κ3) is 3.77. The molecule has 1 atom stereocenters. The summed E-state index contributed by atoms with van der Waals surface area (Å²) >= 11 is 1.27. The van der Waals surface area contributed by atoms with Crippen molar-refractivity contribution in [2.75, 3.05) is 6.61 Å². The average Bonchev–Trinajstić information content (AvgIpc) is 2.74. The second-order valence-electron chi connectivity index (χ2n) is 4.23. The maximum Gasteiger partial charge on any atom is 0.250 e. The Balaban J connectivity index is 2.88. The summed E-state index contributed by atoms with van der Waals surface area (Å²) in [6.07, 6.45) is 0.827. The zero-order valence-corrected chi connectivity index (χ0v) is 11.9. The summed E-state index contributed by atoms with van der Waals surface area (Å²) in [5, 5.41) is 9.13. The molecule has 0 fully saturated rings. The molecular weight excluding hydrogens is 258 g/mol. The van der Waals surface area contributed by atoms with Gasteiger partial charge in [0.15, 0.2) is 0 Å². The molecule has 0 bridgehead atoms. The van der Waals surface area contributed by atoms with Crippen molar-refractivity contribution in [3.05, 3.63) is 17.0 Å². The molecule has 0 aromatic carbocycles. The normalized spacial score (nSPS) is 14.2. The number of thiophene rings is 1. The first-order valence-electron chi connectivity index (χ1n) is 5.62. The van der Waals surface area contributed by atoms with Crippen molar-refractivity contribution >= 4 is 21.4 Å². The van der Waals surface area contributed by atoms with Gasteiger partial charge in [-0.05, 0) is 24.5 Å². The lowest BCUT2D eigenvalue weighted by molar-refractivity contribution is 0.228. The molecule has 0 amide bonds. The number of aliphatic hydroxyl groups excluding tert-OH is 1. The maximum absolute atomic E-state index is 12.0. The Bertz CT molecular complexity index is 451. The largest absolute Gasteiger partial charge is 0.395 e. The van der Waals surface area contributed by atoms with Gasteiger partial charge >= 0.3 is 0 Å². The molecule has 2 N–H and O–H groups in total. The van der Waals surface area contributed by atoms with E-state index < -0.39 is 16.1 Å². The summed E-state index contributed by atoms with van der Waals surface area (Å²) in [5.74, 6) is 0.0559. The lowest BCUT2D eigenvalue weighted by Crippen LogP contribution is -2.40. The molecule has 0 saturated carbocycles. The third-order valence-corrected chi connectivity index (χ3v) is 5.77. The van der Waals surface area contributed by atoms with E-state index in [9.17, 15) is 8.42 Å². The van der Waals surface area contributed by atoms with E-state index in [4.69, 9.17) is 5.11 Å². The van der Waals surface area contributed by atoms with Crippen LogP contribution in [0.25, 0.3) is 0 Å². The van der Waals surface area contributed by atoms with Crippen molar-refractivity contribution in [1.29, 1.82) is 0 Å². The van der Waals surface area contributed by atoms with Crippen molar-refractivity contribution in [2.45, 2.75) is 37.4 Å². The van der Waals surface area contributed by atoms with E-state index in [1.807, 2.05) is 26.8 Å². The lowest BCUT2D eigenvalue weighted by atomic mass is 10.1. The van der Waals surface area contributed by atoms with Gasteiger partial charge in [0, 0.05) is 10.9 Å². The van der Waals surface area contributed by atoms with Gasteiger partial charge < -0.3 is 5.11 Å². The average molecular weight is 277 g/mol. The predicted molar refractivity (Wildman–Crippen MR) is 69.7 cm³/mol. The lowest BCUT2D eigenvalue weighted by Gasteiger charge is -2.19. The minimum atomic E-state index is -3.50. The first-order chi connectivity index (χ1) is 7.90. The van der Waals surface area contributed by atoms with Gasteiger partial charge in [-0.3, -0.25) is 0 Å². The zero-order valence-electron chi connectivity index (χ0n) is 10.3. The van der Waals surface area contributed by atoms with Crippen molar-refractivity contribution in [1.82, 2.24) is 4.72 Å². The molecule has 0 aliphatic carbocycles. The molecule has 1 aromatic rings. The molecule has 0 aliphatic rings. The minimum absolute atomic E-state index is 0.0559. The van der Waals surface area contributed by atoms with Crippen LogP contribution in [0.4, 0.5) is 0 Å². The van der Waals surface area contributed by atoms with E-state index in [1.54, 1.807) is 6.07 Å². The molecule has 0 radical (unpaired) electrons. The monoisotopic (exact) mass is 277 g/mol. The molecule has 1 aromatic heterocycles. The number of aryl methyl sites for hydroxylation is 1. The summed E-state index contributed by atoms with van der Waals surface area (Å²) < 4.78 is 26.9. The van der Waals surface area contributed by atoms with Gasteiger partial charge in [0.2, 0.25) is 10.0 Å². The van der Waals surface area contributed by atoms with Gasteiger partial charge in [0.05, 0.1) is 6.61 Å². The molecule has 98 valence electrons. The van der Waals surface area contributed by atoms with Crippen molar-refractivity contribution < 1.29 is 13.5 Å². The van der Waals surface area contributed by atoms with Gasteiger partial charge in [-0.15, -0.1) is 11.3 Å². The molecule has 1 rings (SSSR count). The second kappa shape index (κ2) is 5.95. The van der Waals surface area contributed by atoms with Gasteiger partial charge in [-0.1, -0.05) is 20.8 Å². The summed E-state index contributed by atoms with van der Waals surface area (Å²) in [6, 6.07) is 3.00. The standard InChI is InChI=1S/C11H19NO3S2/c1-4-9-5-6-11(16-9)17(14,15)12-10(7-13)8(2)3/h5-6,8,10,12-13H,4,7H2,1-3H3/t10-/m1/s1. The summed E-state index contributed by atoms with van der Waals surface area (Å²) in [7, 11) is -3.50. The molecule has 0 saturated heterocycles. The van der Waals surface area contributed by atoms with E-state index in [-0.39, 0.29) is 12.5 Å². The van der Waals surface area contributed by atoms with E-state index in [0.29, 0.717) is 4.21 Å². The van der Waals surface area contributed by atoms with Crippen LogP contribution in [0, 0.1) is 5.92 Å². The number of sulfonamides is 1. The number of aliphatic hydroxyl groups is 1. The van der Waals surface area contributed by atoms with E-state index in [2.05, 4.69) is 4.72 Å². The van der Waals surface area contributed by atoms with Crippen LogP contribution in [0.15, 0.2) is 16.3 Å². The van der Waals surface area contributed by atoms with Crippen LogP contribution in [0.2, 0.25) is 0 Å². The highest BCUT2D eigenvalue weighted by atomic mass is 32.2. The summed E-state index contributed by atoms with van der Waals surface area (Å²) in [4.78, 5) is 1.04. The molecule has 1 heterocycles. The predicted octanol–water partition coefficient (Wildman–Crippen LogP) is 1.61. The highest BCUT2D eigenvalue weighted by Crippen LogP contribution is 2.22. The van der Waals surface area contributed by atoms with Crippen LogP contribution in [0.1, 0.15) is 25.6 Å². The fraction of sp³-hybridized carbons (Fsp3) is 0.636. The Morgan fingerprint density at radius 1 is 1.41 bits per heavy atom. The number of hydrogen-bond acceptors (Lipinski definition) is 4. The van der Waals surface area contributed by atoms with Crippen molar-refractivity contribution in [3.63, 3.8) is 0 Å². The molecule has 0 spiro atoms. The molecule has 6 heteroatoms. The van der Waals surface area contributed by atoms with E-state index >= 15 is 0 Å². The SMILES string of the molecule is CCc1ccc(S(=O)(=O)N[C@H](CO)C(C)C)s1. The van der Waals surface area contributed by atoms with Crippen LogP contribution in [-0.4, -0.2) is 26.2 Å². The molecule has 0 aliphatic heterocycles. The van der Waals surface area contributed by atoms with Crippen LogP contribution in [0.5, 0.6) is 0 Å². The van der Waals surface area contributed by atoms with Crippen molar-refractivity contribution in [2.24, 2.45) is 5.92 Å². The Morgan fingerprint density at radius 3 is 2.47 bits per heavy atom. The first kappa shape index (κ1) is 14.6. The Hall–Kier alpha value is -0.430. The Kier molecular flexibility index (Phi) is 5.12. The fourth-order valence-electron chi connectivity index (χ4n) is 1.33. The highest BCUT2D eigenvalue weighted by Gasteiger charge is 2.23. The van der Waals surface area contributed by atoms with Gasteiger partial charge in [0.1, 0.15) is 4.21 Å². The number of rotatable bonds is 6.